The van der Waals surface area contributed by atoms with Crippen LogP contribution in [0.2, 0.25) is 0 Å². The summed E-state index contributed by atoms with van der Waals surface area (Å²) in [6.45, 7) is 2.49. The Hall–Kier alpha value is -2.81. The number of thioether (sulfide) groups is 1. The fourth-order valence-electron chi connectivity index (χ4n) is 3.26. The molecule has 3 heterocycles. The minimum absolute atomic E-state index is 0.0600. The second-order valence-corrected chi connectivity index (χ2v) is 9.33. The van der Waals surface area contributed by atoms with Crippen LogP contribution in [0.25, 0.3) is 32.7 Å². The van der Waals surface area contributed by atoms with Crippen LogP contribution in [-0.4, -0.2) is 36.4 Å². The lowest BCUT2D eigenvalue weighted by Gasteiger charge is -2.09. The number of hydrogen-bond acceptors (Lipinski definition) is 6. The molecule has 1 saturated heterocycles. The molecule has 5 nitrogen and oxygen atoms in total. The normalized spacial score (nSPS) is 15.6. The number of likely N-dealkylation sites (N-methyl/N-ethyl adjacent to an activating group) is 1. The number of carbonyl (C=O) groups excluding carboxylic acids is 1. The molecule has 0 saturated carbocycles. The molecule has 0 unspecified atom stereocenters. The molecule has 5 rings (SSSR count). The van der Waals surface area contributed by atoms with E-state index >= 15 is 0 Å². The number of amides is 1. The summed E-state index contributed by atoms with van der Waals surface area (Å²) in [6.07, 6.45) is 3.82. The monoisotopic (exact) mass is 448 g/mol. The van der Waals surface area contributed by atoms with Crippen LogP contribution in [0.5, 0.6) is 0 Å². The lowest BCUT2D eigenvalue weighted by Crippen LogP contribution is -2.27. The zero-order chi connectivity index (χ0) is 20.7. The fourth-order valence-corrected chi connectivity index (χ4v) is 5.61. The summed E-state index contributed by atoms with van der Waals surface area (Å²) < 4.78 is 3.52. The molecule has 148 valence electrons. The van der Waals surface area contributed by atoms with E-state index in [1.807, 2.05) is 72.4 Å². The number of fused-ring (bicyclic) bond motifs is 1. The zero-order valence-corrected chi connectivity index (χ0v) is 18.4. The van der Waals surface area contributed by atoms with E-state index in [1.165, 1.54) is 11.8 Å². The number of para-hydroxylation sites is 2. The van der Waals surface area contributed by atoms with Gasteiger partial charge < -0.3 is 0 Å². The quantitative estimate of drug-likeness (QED) is 0.310. The van der Waals surface area contributed by atoms with Gasteiger partial charge in [0.1, 0.15) is 15.0 Å². The molecule has 2 aromatic carbocycles. The van der Waals surface area contributed by atoms with Gasteiger partial charge in [0.2, 0.25) is 0 Å². The number of nitrogens with zero attached hydrogens (tertiary/aromatic N) is 4. The predicted molar refractivity (Wildman–Crippen MR) is 128 cm³/mol. The van der Waals surface area contributed by atoms with Gasteiger partial charge in [-0.3, -0.25) is 9.69 Å². The van der Waals surface area contributed by atoms with Crippen molar-refractivity contribution in [2.75, 3.05) is 6.54 Å². The Kier molecular flexibility index (Phi) is 4.98. The second-order valence-electron chi connectivity index (χ2n) is 6.63. The molecular formula is C22H16N4OS3. The number of rotatable bonds is 4. The van der Waals surface area contributed by atoms with E-state index < -0.39 is 0 Å². The highest BCUT2D eigenvalue weighted by Gasteiger charge is 2.31. The molecule has 0 aliphatic carbocycles. The van der Waals surface area contributed by atoms with Crippen molar-refractivity contribution in [3.8, 4) is 16.4 Å². The molecule has 0 bridgehead atoms. The molecule has 0 radical (unpaired) electrons. The largest absolute Gasteiger partial charge is 0.293 e. The SMILES string of the molecule is CCN1C(=O)C(=Cc2cn(-c3ccccc3)nc2-c2nc3ccccc3s2)SC1=S. The van der Waals surface area contributed by atoms with Crippen LogP contribution in [0, 0.1) is 0 Å². The maximum Gasteiger partial charge on any atom is 0.266 e. The second kappa shape index (κ2) is 7.79. The average molecular weight is 449 g/mol. The van der Waals surface area contributed by atoms with Crippen molar-refractivity contribution in [1.29, 1.82) is 0 Å². The molecule has 1 amide bonds. The van der Waals surface area contributed by atoms with Crippen molar-refractivity contribution in [2.45, 2.75) is 6.92 Å². The van der Waals surface area contributed by atoms with Crippen LogP contribution < -0.4 is 0 Å². The van der Waals surface area contributed by atoms with Crippen molar-refractivity contribution in [2.24, 2.45) is 0 Å². The van der Waals surface area contributed by atoms with E-state index in [4.69, 9.17) is 22.3 Å². The summed E-state index contributed by atoms with van der Waals surface area (Å²) >= 11 is 8.28. The van der Waals surface area contributed by atoms with E-state index in [0.29, 0.717) is 15.8 Å². The van der Waals surface area contributed by atoms with E-state index in [9.17, 15) is 4.79 Å². The molecule has 0 atom stereocenters. The zero-order valence-electron chi connectivity index (χ0n) is 16.0. The van der Waals surface area contributed by atoms with Crippen molar-refractivity contribution >= 4 is 61.8 Å². The van der Waals surface area contributed by atoms with Crippen molar-refractivity contribution in [1.82, 2.24) is 19.7 Å². The van der Waals surface area contributed by atoms with Crippen LogP contribution in [0.15, 0.2) is 65.7 Å². The van der Waals surface area contributed by atoms with Crippen LogP contribution in [-0.2, 0) is 4.79 Å². The number of carbonyl (C=O) groups is 1. The van der Waals surface area contributed by atoms with E-state index in [2.05, 4.69) is 6.07 Å². The van der Waals surface area contributed by atoms with Gasteiger partial charge in [0.05, 0.1) is 20.8 Å². The smallest absolute Gasteiger partial charge is 0.266 e. The van der Waals surface area contributed by atoms with Gasteiger partial charge in [-0.05, 0) is 37.3 Å². The lowest BCUT2D eigenvalue weighted by atomic mass is 10.2. The van der Waals surface area contributed by atoms with Gasteiger partial charge in [-0.25, -0.2) is 9.67 Å². The molecule has 1 fully saturated rings. The predicted octanol–water partition coefficient (Wildman–Crippen LogP) is 5.37. The summed E-state index contributed by atoms with van der Waals surface area (Å²) in [5, 5.41) is 5.65. The van der Waals surface area contributed by atoms with Crippen molar-refractivity contribution in [3.05, 3.63) is 71.3 Å². The van der Waals surface area contributed by atoms with Crippen LogP contribution in [0.1, 0.15) is 12.5 Å². The Morgan fingerprint density at radius 2 is 1.87 bits per heavy atom. The van der Waals surface area contributed by atoms with Crippen molar-refractivity contribution < 1.29 is 4.79 Å². The third-order valence-corrected chi connectivity index (χ3v) is 7.16. The van der Waals surface area contributed by atoms with Gasteiger partial charge in [-0.1, -0.05) is 54.3 Å². The Labute approximate surface area is 187 Å². The first-order chi connectivity index (χ1) is 14.6. The highest BCUT2D eigenvalue weighted by molar-refractivity contribution is 8.26. The average Bonchev–Trinajstić information content (AvgIpc) is 3.44. The first-order valence-electron chi connectivity index (χ1n) is 9.40. The molecule has 1 aliphatic rings. The van der Waals surface area contributed by atoms with Crippen LogP contribution >= 0.6 is 35.3 Å². The van der Waals surface area contributed by atoms with Gasteiger partial charge >= 0.3 is 0 Å². The molecule has 0 spiro atoms. The highest BCUT2D eigenvalue weighted by Crippen LogP contribution is 2.36. The summed E-state index contributed by atoms with van der Waals surface area (Å²) in [7, 11) is 0. The molecule has 2 aromatic heterocycles. The van der Waals surface area contributed by atoms with E-state index in [1.54, 1.807) is 16.2 Å². The molecular weight excluding hydrogens is 432 g/mol. The standard InChI is InChI=1S/C22H16N4OS3/c1-2-25-21(27)18(30-22(25)28)12-14-13-26(15-8-4-3-5-9-15)24-19(14)20-23-16-10-6-7-11-17(16)29-20/h3-13H,2H2,1H3. The molecule has 4 aromatic rings. The Bertz CT molecular complexity index is 1270. The summed E-state index contributed by atoms with van der Waals surface area (Å²) in [5.74, 6) is -0.0600. The first kappa shape index (κ1) is 19.2. The molecule has 8 heteroatoms. The van der Waals surface area contributed by atoms with Crippen LogP contribution in [0.3, 0.4) is 0 Å². The lowest BCUT2D eigenvalue weighted by molar-refractivity contribution is -0.121. The number of hydrogen-bond donors (Lipinski definition) is 0. The van der Waals surface area contributed by atoms with Crippen molar-refractivity contribution in [3.63, 3.8) is 0 Å². The maximum absolute atomic E-state index is 12.7. The van der Waals surface area contributed by atoms with Gasteiger partial charge in [-0.2, -0.15) is 5.10 Å². The third kappa shape index (κ3) is 3.36. The molecule has 1 aliphatic heterocycles. The van der Waals surface area contributed by atoms with Crippen LogP contribution in [0.4, 0.5) is 0 Å². The van der Waals surface area contributed by atoms with Gasteiger partial charge in [0.25, 0.3) is 5.91 Å². The minimum atomic E-state index is -0.0600. The summed E-state index contributed by atoms with van der Waals surface area (Å²) in [4.78, 5) is 19.7. The van der Waals surface area contributed by atoms with Gasteiger partial charge in [0.15, 0.2) is 0 Å². The van der Waals surface area contributed by atoms with Gasteiger partial charge in [-0.15, -0.1) is 11.3 Å². The maximum atomic E-state index is 12.7. The van der Waals surface area contributed by atoms with E-state index in [-0.39, 0.29) is 5.91 Å². The topological polar surface area (TPSA) is 51.0 Å². The Balaban J connectivity index is 1.65. The Morgan fingerprint density at radius 3 is 2.60 bits per heavy atom. The number of benzene rings is 2. The Morgan fingerprint density at radius 1 is 1.10 bits per heavy atom. The summed E-state index contributed by atoms with van der Waals surface area (Å²) in [5.41, 5.74) is 3.48. The third-order valence-electron chi connectivity index (χ3n) is 4.74. The molecule has 30 heavy (non-hydrogen) atoms. The summed E-state index contributed by atoms with van der Waals surface area (Å²) in [6, 6.07) is 17.9. The van der Waals surface area contributed by atoms with Gasteiger partial charge in [0, 0.05) is 18.3 Å². The fraction of sp³-hybridized carbons (Fsp3) is 0.0909. The molecule has 0 N–H and O–H groups in total. The van der Waals surface area contributed by atoms with E-state index in [0.717, 1.165) is 32.2 Å². The highest BCUT2D eigenvalue weighted by atomic mass is 32.2. The minimum Gasteiger partial charge on any atom is -0.293 e. The first-order valence-corrected chi connectivity index (χ1v) is 11.4. The number of thiazole rings is 1. The number of aromatic nitrogens is 3. The number of thiocarbonyl (C=S) groups is 1.